The van der Waals surface area contributed by atoms with Crippen LogP contribution in [0.4, 0.5) is 0 Å². The Morgan fingerprint density at radius 1 is 1.20 bits per heavy atom. The summed E-state index contributed by atoms with van der Waals surface area (Å²) in [7, 11) is 0. The Morgan fingerprint density at radius 3 is 2.70 bits per heavy atom. The lowest BCUT2D eigenvalue weighted by Gasteiger charge is -2.13. The average Bonchev–Trinajstić information content (AvgIpc) is 3.17. The maximum absolute atomic E-state index is 11.9. The molecule has 2 aromatic rings. The van der Waals surface area contributed by atoms with Gasteiger partial charge >= 0.3 is 0 Å². The SMILES string of the molecule is O=C(CCc1nc(-c2ncccn2)no1)N1CCCC1. The Bertz CT molecular complexity index is 577. The van der Waals surface area contributed by atoms with E-state index in [1.807, 2.05) is 4.90 Å². The van der Waals surface area contributed by atoms with Gasteiger partial charge in [0.15, 0.2) is 0 Å². The first-order valence-electron chi connectivity index (χ1n) is 6.71. The van der Waals surface area contributed by atoms with Gasteiger partial charge in [-0.2, -0.15) is 4.98 Å². The third-order valence-corrected chi connectivity index (χ3v) is 3.25. The summed E-state index contributed by atoms with van der Waals surface area (Å²) in [5.41, 5.74) is 0. The molecule has 1 saturated heterocycles. The predicted molar refractivity (Wildman–Crippen MR) is 69.5 cm³/mol. The van der Waals surface area contributed by atoms with Gasteiger partial charge in [0.25, 0.3) is 0 Å². The molecule has 0 spiro atoms. The van der Waals surface area contributed by atoms with Crippen molar-refractivity contribution < 1.29 is 9.32 Å². The number of carbonyl (C=O) groups excluding carboxylic acids is 1. The quantitative estimate of drug-likeness (QED) is 0.828. The molecule has 0 radical (unpaired) electrons. The van der Waals surface area contributed by atoms with Crippen LogP contribution < -0.4 is 0 Å². The molecule has 3 rings (SSSR count). The summed E-state index contributed by atoms with van der Waals surface area (Å²) in [5.74, 6) is 1.38. The van der Waals surface area contributed by atoms with Crippen molar-refractivity contribution in [1.29, 1.82) is 0 Å². The molecule has 2 aromatic heterocycles. The second-order valence-electron chi connectivity index (χ2n) is 4.67. The van der Waals surface area contributed by atoms with Crippen LogP contribution in [0.2, 0.25) is 0 Å². The zero-order chi connectivity index (χ0) is 13.8. The summed E-state index contributed by atoms with van der Waals surface area (Å²) >= 11 is 0. The number of rotatable bonds is 4. The minimum Gasteiger partial charge on any atom is -0.343 e. The maximum Gasteiger partial charge on any atom is 0.240 e. The van der Waals surface area contributed by atoms with E-state index in [9.17, 15) is 4.79 Å². The smallest absolute Gasteiger partial charge is 0.240 e. The fraction of sp³-hybridized carbons (Fsp3) is 0.462. The number of aromatic nitrogens is 4. The molecular weight excluding hydrogens is 258 g/mol. The van der Waals surface area contributed by atoms with E-state index in [0.29, 0.717) is 30.4 Å². The fourth-order valence-electron chi connectivity index (χ4n) is 2.20. The second kappa shape index (κ2) is 5.77. The standard InChI is InChI=1S/C13H15N5O2/c19-11(18-8-1-2-9-18)5-4-10-16-13(17-20-10)12-14-6-3-7-15-12/h3,6-7H,1-2,4-5,8-9H2. The largest absolute Gasteiger partial charge is 0.343 e. The van der Waals surface area contributed by atoms with Gasteiger partial charge < -0.3 is 9.42 Å². The Hall–Kier alpha value is -2.31. The molecule has 1 aliphatic heterocycles. The van der Waals surface area contributed by atoms with Crippen molar-refractivity contribution in [2.75, 3.05) is 13.1 Å². The van der Waals surface area contributed by atoms with Crippen LogP contribution in [0.3, 0.4) is 0 Å². The van der Waals surface area contributed by atoms with Crippen LogP contribution >= 0.6 is 0 Å². The number of aryl methyl sites for hydroxylation is 1. The Labute approximate surface area is 116 Å². The summed E-state index contributed by atoms with van der Waals surface area (Å²) in [5, 5.41) is 3.83. The van der Waals surface area contributed by atoms with Crippen molar-refractivity contribution in [3.05, 3.63) is 24.4 Å². The molecular formula is C13H15N5O2. The van der Waals surface area contributed by atoms with Crippen LogP contribution in [0.15, 0.2) is 23.0 Å². The van der Waals surface area contributed by atoms with Crippen molar-refractivity contribution in [2.45, 2.75) is 25.7 Å². The lowest BCUT2D eigenvalue weighted by molar-refractivity contribution is -0.130. The lowest BCUT2D eigenvalue weighted by atomic mass is 10.3. The van der Waals surface area contributed by atoms with Gasteiger partial charge in [-0.3, -0.25) is 4.79 Å². The number of amides is 1. The molecule has 1 aliphatic rings. The van der Waals surface area contributed by atoms with Crippen molar-refractivity contribution >= 4 is 5.91 Å². The first-order valence-corrected chi connectivity index (χ1v) is 6.71. The first-order chi connectivity index (χ1) is 9.83. The van der Waals surface area contributed by atoms with E-state index >= 15 is 0 Å². The van der Waals surface area contributed by atoms with Crippen molar-refractivity contribution in [1.82, 2.24) is 25.0 Å². The highest BCUT2D eigenvalue weighted by molar-refractivity contribution is 5.76. The minimum atomic E-state index is 0.151. The van der Waals surface area contributed by atoms with Crippen molar-refractivity contribution in [3.63, 3.8) is 0 Å². The van der Waals surface area contributed by atoms with Crippen molar-refractivity contribution in [2.24, 2.45) is 0 Å². The van der Waals surface area contributed by atoms with E-state index in [4.69, 9.17) is 4.52 Å². The molecule has 0 saturated carbocycles. The van der Waals surface area contributed by atoms with Crippen LogP contribution in [0.25, 0.3) is 11.6 Å². The summed E-state index contributed by atoms with van der Waals surface area (Å²) in [6, 6.07) is 1.72. The van der Waals surface area contributed by atoms with E-state index in [0.717, 1.165) is 25.9 Å². The highest BCUT2D eigenvalue weighted by atomic mass is 16.5. The Balaban J connectivity index is 1.59. The van der Waals surface area contributed by atoms with E-state index < -0.39 is 0 Å². The number of hydrogen-bond donors (Lipinski definition) is 0. The van der Waals surface area contributed by atoms with Gasteiger partial charge in [-0.25, -0.2) is 9.97 Å². The maximum atomic E-state index is 11.9. The predicted octanol–water partition coefficient (Wildman–Crippen LogP) is 1.08. The fourth-order valence-corrected chi connectivity index (χ4v) is 2.20. The third-order valence-electron chi connectivity index (χ3n) is 3.25. The number of nitrogens with zero attached hydrogens (tertiary/aromatic N) is 5. The van der Waals surface area contributed by atoms with Crippen LogP contribution in [0, 0.1) is 0 Å². The summed E-state index contributed by atoms with van der Waals surface area (Å²) < 4.78 is 5.12. The monoisotopic (exact) mass is 273 g/mol. The van der Waals surface area contributed by atoms with E-state index in [1.165, 1.54) is 0 Å². The van der Waals surface area contributed by atoms with Crippen LogP contribution in [0.5, 0.6) is 0 Å². The van der Waals surface area contributed by atoms with Crippen LogP contribution in [0.1, 0.15) is 25.2 Å². The van der Waals surface area contributed by atoms with Crippen molar-refractivity contribution in [3.8, 4) is 11.6 Å². The van der Waals surface area contributed by atoms with Crippen LogP contribution in [-0.4, -0.2) is 44.0 Å². The number of likely N-dealkylation sites (tertiary alicyclic amines) is 1. The number of carbonyl (C=O) groups is 1. The molecule has 0 N–H and O–H groups in total. The van der Waals surface area contributed by atoms with Gasteiger partial charge in [0.1, 0.15) is 0 Å². The lowest BCUT2D eigenvalue weighted by Crippen LogP contribution is -2.27. The Kier molecular flexibility index (Phi) is 3.67. The van der Waals surface area contributed by atoms with E-state index in [1.54, 1.807) is 18.5 Å². The van der Waals surface area contributed by atoms with E-state index in [2.05, 4.69) is 20.1 Å². The molecule has 0 unspecified atom stereocenters. The Morgan fingerprint density at radius 2 is 1.95 bits per heavy atom. The molecule has 3 heterocycles. The summed E-state index contributed by atoms with van der Waals surface area (Å²) in [6.07, 6.45) is 6.29. The summed E-state index contributed by atoms with van der Waals surface area (Å²) in [4.78, 5) is 26.1. The average molecular weight is 273 g/mol. The van der Waals surface area contributed by atoms with Crippen LogP contribution in [-0.2, 0) is 11.2 Å². The molecule has 7 heteroatoms. The van der Waals surface area contributed by atoms with Gasteiger partial charge in [-0.1, -0.05) is 5.16 Å². The molecule has 1 fully saturated rings. The zero-order valence-corrected chi connectivity index (χ0v) is 11.0. The zero-order valence-electron chi connectivity index (χ0n) is 11.0. The molecule has 104 valence electrons. The normalized spacial score (nSPS) is 14.7. The molecule has 7 nitrogen and oxygen atoms in total. The summed E-state index contributed by atoms with van der Waals surface area (Å²) in [6.45, 7) is 1.73. The first kappa shape index (κ1) is 12.7. The third kappa shape index (κ3) is 2.81. The van der Waals surface area contributed by atoms with Gasteiger partial charge in [0, 0.05) is 38.3 Å². The molecule has 0 aliphatic carbocycles. The van der Waals surface area contributed by atoms with E-state index in [-0.39, 0.29) is 5.91 Å². The molecule has 0 aromatic carbocycles. The topological polar surface area (TPSA) is 85.0 Å². The highest BCUT2D eigenvalue weighted by Gasteiger charge is 2.19. The molecule has 1 amide bonds. The second-order valence-corrected chi connectivity index (χ2v) is 4.67. The molecule has 0 bridgehead atoms. The van der Waals surface area contributed by atoms with Gasteiger partial charge in [0.05, 0.1) is 0 Å². The minimum absolute atomic E-state index is 0.151. The highest BCUT2D eigenvalue weighted by Crippen LogP contribution is 2.13. The molecule has 0 atom stereocenters. The number of hydrogen-bond acceptors (Lipinski definition) is 6. The van der Waals surface area contributed by atoms with Gasteiger partial charge in [0.2, 0.25) is 23.4 Å². The van der Waals surface area contributed by atoms with Gasteiger partial charge in [-0.15, -0.1) is 0 Å². The molecule has 20 heavy (non-hydrogen) atoms. The van der Waals surface area contributed by atoms with Gasteiger partial charge in [-0.05, 0) is 18.9 Å².